The highest BCUT2D eigenvalue weighted by Gasteiger charge is 2.45. The van der Waals surface area contributed by atoms with E-state index in [4.69, 9.17) is 10.2 Å². The maximum atomic E-state index is 11.9. The van der Waals surface area contributed by atoms with Crippen molar-refractivity contribution in [1.82, 2.24) is 5.32 Å². The van der Waals surface area contributed by atoms with Crippen molar-refractivity contribution in [2.75, 3.05) is 6.54 Å². The third-order valence-electron chi connectivity index (χ3n) is 3.84. The molecule has 3 N–H and O–H groups in total. The zero-order valence-corrected chi connectivity index (χ0v) is 10.5. The van der Waals surface area contributed by atoms with Gasteiger partial charge in [-0.25, -0.2) is 0 Å². The number of nitrogens with two attached hydrogens (primary N) is 1. The van der Waals surface area contributed by atoms with Crippen molar-refractivity contribution in [2.45, 2.75) is 33.2 Å². The van der Waals surface area contributed by atoms with Gasteiger partial charge in [0.2, 0.25) is 0 Å². The lowest BCUT2D eigenvalue weighted by atomic mass is 9.92. The first-order valence-corrected chi connectivity index (χ1v) is 6.13. The molecule has 0 saturated heterocycles. The number of carbonyl (C=O) groups excluding carboxylic acids is 1. The van der Waals surface area contributed by atoms with Gasteiger partial charge >= 0.3 is 0 Å². The lowest BCUT2D eigenvalue weighted by Crippen LogP contribution is -2.32. The average Bonchev–Trinajstić information content (AvgIpc) is 2.96. The summed E-state index contributed by atoms with van der Waals surface area (Å²) in [6.45, 7) is 5.50. The molecule has 1 amide bonds. The largest absolute Gasteiger partial charge is 0.467 e. The number of nitrogens with one attached hydrogen (secondary N) is 1. The molecule has 1 fully saturated rings. The van der Waals surface area contributed by atoms with E-state index in [-0.39, 0.29) is 5.91 Å². The molecule has 1 saturated carbocycles. The molecule has 4 heteroatoms. The van der Waals surface area contributed by atoms with Crippen LogP contribution in [0.2, 0.25) is 0 Å². The molecule has 1 heterocycles. The fourth-order valence-corrected chi connectivity index (χ4v) is 2.08. The maximum Gasteiger partial charge on any atom is 0.254 e. The first kappa shape index (κ1) is 12.2. The Morgan fingerprint density at radius 3 is 2.76 bits per heavy atom. The summed E-state index contributed by atoms with van der Waals surface area (Å²) in [7, 11) is 0. The molecule has 0 unspecified atom stereocenters. The molecule has 0 aromatic carbocycles. The second-order valence-electron chi connectivity index (χ2n) is 5.21. The van der Waals surface area contributed by atoms with Crippen molar-refractivity contribution >= 4 is 5.91 Å². The smallest absolute Gasteiger partial charge is 0.254 e. The van der Waals surface area contributed by atoms with Gasteiger partial charge in [0.1, 0.15) is 12.0 Å². The minimum Gasteiger partial charge on any atom is -0.467 e. The Bertz CT molecular complexity index is 405. The Morgan fingerprint density at radius 1 is 1.59 bits per heavy atom. The van der Waals surface area contributed by atoms with Gasteiger partial charge in [-0.05, 0) is 30.2 Å². The van der Waals surface area contributed by atoms with Crippen LogP contribution in [0, 0.1) is 11.3 Å². The molecular formula is C13H20N2O2. The molecular weight excluding hydrogens is 216 g/mol. The standard InChI is InChI=1S/C13H20N2O2/c1-9(2)13(3-4-13)8-15-12(16)10-5-11(6-14)17-7-10/h5,7,9H,3-4,6,8,14H2,1-2H3,(H,15,16). The van der Waals surface area contributed by atoms with Crippen LogP contribution in [0.3, 0.4) is 0 Å². The van der Waals surface area contributed by atoms with Crippen LogP contribution in [0.5, 0.6) is 0 Å². The highest BCUT2D eigenvalue weighted by Crippen LogP contribution is 2.51. The fraction of sp³-hybridized carbons (Fsp3) is 0.615. The number of rotatable bonds is 5. The SMILES string of the molecule is CC(C)C1(CNC(=O)c2coc(CN)c2)CC1. The van der Waals surface area contributed by atoms with E-state index in [0.717, 1.165) is 6.54 Å². The molecule has 0 aliphatic heterocycles. The Labute approximate surface area is 102 Å². The van der Waals surface area contributed by atoms with Crippen molar-refractivity contribution in [3.63, 3.8) is 0 Å². The van der Waals surface area contributed by atoms with Crippen molar-refractivity contribution in [1.29, 1.82) is 0 Å². The number of hydrogen-bond donors (Lipinski definition) is 2. The van der Waals surface area contributed by atoms with E-state index in [1.54, 1.807) is 6.07 Å². The summed E-state index contributed by atoms with van der Waals surface area (Å²) in [5.41, 5.74) is 6.32. The fourth-order valence-electron chi connectivity index (χ4n) is 2.08. The number of hydrogen-bond acceptors (Lipinski definition) is 3. The van der Waals surface area contributed by atoms with Gasteiger partial charge in [0, 0.05) is 6.54 Å². The Balaban J connectivity index is 1.89. The van der Waals surface area contributed by atoms with Crippen molar-refractivity contribution < 1.29 is 9.21 Å². The van der Waals surface area contributed by atoms with Gasteiger partial charge in [0.05, 0.1) is 12.1 Å². The van der Waals surface area contributed by atoms with Crippen LogP contribution in [-0.2, 0) is 6.54 Å². The van der Waals surface area contributed by atoms with E-state index in [0.29, 0.717) is 29.2 Å². The zero-order valence-electron chi connectivity index (χ0n) is 10.5. The van der Waals surface area contributed by atoms with Crippen LogP contribution in [-0.4, -0.2) is 12.5 Å². The normalized spacial score (nSPS) is 17.2. The van der Waals surface area contributed by atoms with E-state index in [1.807, 2.05) is 0 Å². The molecule has 4 nitrogen and oxygen atoms in total. The maximum absolute atomic E-state index is 11.9. The van der Waals surface area contributed by atoms with Gasteiger partial charge in [-0.15, -0.1) is 0 Å². The monoisotopic (exact) mass is 236 g/mol. The molecule has 0 atom stereocenters. The van der Waals surface area contributed by atoms with Crippen LogP contribution < -0.4 is 11.1 Å². The van der Waals surface area contributed by atoms with E-state index in [1.165, 1.54) is 19.1 Å². The van der Waals surface area contributed by atoms with Gasteiger partial charge in [0.15, 0.2) is 0 Å². The van der Waals surface area contributed by atoms with Gasteiger partial charge in [-0.3, -0.25) is 4.79 Å². The Kier molecular flexibility index (Phi) is 3.24. The molecule has 1 aliphatic carbocycles. The lowest BCUT2D eigenvalue weighted by Gasteiger charge is -2.19. The highest BCUT2D eigenvalue weighted by molar-refractivity contribution is 5.94. The van der Waals surface area contributed by atoms with Crippen LogP contribution in [0.25, 0.3) is 0 Å². The molecule has 0 radical (unpaired) electrons. The van der Waals surface area contributed by atoms with Crippen molar-refractivity contribution in [2.24, 2.45) is 17.1 Å². The van der Waals surface area contributed by atoms with E-state index < -0.39 is 0 Å². The second-order valence-corrected chi connectivity index (χ2v) is 5.21. The van der Waals surface area contributed by atoms with Crippen LogP contribution in [0.4, 0.5) is 0 Å². The van der Waals surface area contributed by atoms with Crippen LogP contribution in [0.1, 0.15) is 42.8 Å². The molecule has 1 aliphatic rings. The summed E-state index contributed by atoms with van der Waals surface area (Å²) in [5, 5.41) is 2.98. The molecule has 17 heavy (non-hydrogen) atoms. The number of carbonyl (C=O) groups is 1. The zero-order chi connectivity index (χ0) is 12.5. The summed E-state index contributed by atoms with van der Waals surface area (Å²) >= 11 is 0. The van der Waals surface area contributed by atoms with Gasteiger partial charge < -0.3 is 15.5 Å². The molecule has 2 rings (SSSR count). The quantitative estimate of drug-likeness (QED) is 0.820. The summed E-state index contributed by atoms with van der Waals surface area (Å²) in [4.78, 5) is 11.9. The van der Waals surface area contributed by atoms with Gasteiger partial charge in [0.25, 0.3) is 5.91 Å². The second kappa shape index (κ2) is 4.53. The topological polar surface area (TPSA) is 68.3 Å². The summed E-state index contributed by atoms with van der Waals surface area (Å²) in [6, 6.07) is 1.70. The Morgan fingerprint density at radius 2 is 2.29 bits per heavy atom. The van der Waals surface area contributed by atoms with Gasteiger partial charge in [-0.1, -0.05) is 13.8 Å². The predicted molar refractivity (Wildman–Crippen MR) is 65.4 cm³/mol. The van der Waals surface area contributed by atoms with E-state index in [9.17, 15) is 4.79 Å². The third-order valence-corrected chi connectivity index (χ3v) is 3.84. The Hall–Kier alpha value is -1.29. The molecule has 0 bridgehead atoms. The highest BCUT2D eigenvalue weighted by atomic mass is 16.3. The van der Waals surface area contributed by atoms with Crippen LogP contribution >= 0.6 is 0 Å². The average molecular weight is 236 g/mol. The third kappa shape index (κ3) is 2.52. The number of amides is 1. The molecule has 1 aromatic heterocycles. The number of furan rings is 1. The lowest BCUT2D eigenvalue weighted by molar-refractivity contribution is 0.0939. The summed E-state index contributed by atoms with van der Waals surface area (Å²) in [6.07, 6.45) is 3.89. The minimum absolute atomic E-state index is 0.0691. The van der Waals surface area contributed by atoms with Crippen molar-refractivity contribution in [3.05, 3.63) is 23.7 Å². The molecule has 1 aromatic rings. The minimum atomic E-state index is -0.0691. The van der Waals surface area contributed by atoms with E-state index >= 15 is 0 Å². The van der Waals surface area contributed by atoms with Crippen molar-refractivity contribution in [3.8, 4) is 0 Å². The first-order valence-electron chi connectivity index (χ1n) is 6.13. The van der Waals surface area contributed by atoms with Crippen LogP contribution in [0.15, 0.2) is 16.7 Å². The predicted octanol–water partition coefficient (Wildman–Crippen LogP) is 1.90. The van der Waals surface area contributed by atoms with Gasteiger partial charge in [-0.2, -0.15) is 0 Å². The van der Waals surface area contributed by atoms with E-state index in [2.05, 4.69) is 19.2 Å². The summed E-state index contributed by atoms with van der Waals surface area (Å²) < 4.78 is 5.14. The first-order chi connectivity index (χ1) is 8.07. The molecule has 94 valence electrons. The molecule has 0 spiro atoms. The summed E-state index contributed by atoms with van der Waals surface area (Å²) in [5.74, 6) is 1.19.